The van der Waals surface area contributed by atoms with E-state index >= 15 is 0 Å². The average molecular weight is 326 g/mol. The first-order valence-corrected chi connectivity index (χ1v) is 7.51. The van der Waals surface area contributed by atoms with Gasteiger partial charge >= 0.3 is 5.97 Å². The van der Waals surface area contributed by atoms with E-state index in [1.165, 1.54) is 0 Å². The summed E-state index contributed by atoms with van der Waals surface area (Å²) < 4.78 is 16.7. The van der Waals surface area contributed by atoms with Gasteiger partial charge < -0.3 is 19.3 Å². The molecule has 1 aromatic rings. The van der Waals surface area contributed by atoms with Crippen molar-refractivity contribution in [3.05, 3.63) is 65.3 Å². The Hall–Kier alpha value is -2.95. The van der Waals surface area contributed by atoms with Gasteiger partial charge in [-0.05, 0) is 29.4 Å². The van der Waals surface area contributed by atoms with Crippen LogP contribution in [0.25, 0.3) is 5.76 Å². The van der Waals surface area contributed by atoms with Crippen LogP contribution in [-0.4, -0.2) is 31.4 Å². The topological polar surface area (TPSA) is 65.0 Å². The predicted molar refractivity (Wildman–Crippen MR) is 90.0 cm³/mol. The second-order valence-corrected chi connectivity index (χ2v) is 5.47. The number of benzene rings is 1. The van der Waals surface area contributed by atoms with Gasteiger partial charge in [0.15, 0.2) is 0 Å². The molecule has 0 aromatic heterocycles. The van der Waals surface area contributed by atoms with Gasteiger partial charge in [-0.25, -0.2) is 0 Å². The first-order valence-electron chi connectivity index (χ1n) is 7.51. The van der Waals surface area contributed by atoms with E-state index in [1.54, 1.807) is 26.4 Å². The summed E-state index contributed by atoms with van der Waals surface area (Å²) in [7, 11) is 3.18. The van der Waals surface area contributed by atoms with Crippen LogP contribution in [0, 0.1) is 0 Å². The highest BCUT2D eigenvalue weighted by Crippen LogP contribution is 2.35. The molecule has 0 saturated carbocycles. The zero-order valence-electron chi connectivity index (χ0n) is 13.5. The van der Waals surface area contributed by atoms with Gasteiger partial charge in [-0.3, -0.25) is 4.79 Å². The van der Waals surface area contributed by atoms with Crippen molar-refractivity contribution >= 4 is 11.7 Å². The summed E-state index contributed by atoms with van der Waals surface area (Å²) in [5.74, 6) is 1.09. The van der Waals surface area contributed by atoms with Crippen LogP contribution < -0.4 is 9.47 Å². The summed E-state index contributed by atoms with van der Waals surface area (Å²) in [6.07, 6.45) is 8.94. The fourth-order valence-corrected chi connectivity index (χ4v) is 2.74. The lowest BCUT2D eigenvalue weighted by Gasteiger charge is -2.29. The van der Waals surface area contributed by atoms with Crippen LogP contribution in [0.4, 0.5) is 0 Å². The maximum absolute atomic E-state index is 11.1. The Labute approximate surface area is 140 Å². The highest BCUT2D eigenvalue weighted by molar-refractivity contribution is 5.73. The Morgan fingerprint density at radius 3 is 2.46 bits per heavy atom. The molecule has 24 heavy (non-hydrogen) atoms. The molecular weight excluding hydrogens is 308 g/mol. The van der Waals surface area contributed by atoms with Crippen molar-refractivity contribution < 1.29 is 24.1 Å². The Morgan fingerprint density at radius 1 is 1.12 bits per heavy atom. The fraction of sp³-hybridized carbons (Fsp3) is 0.211. The normalized spacial score (nSPS) is 18.6. The minimum atomic E-state index is -0.876. The van der Waals surface area contributed by atoms with E-state index in [9.17, 15) is 4.79 Å². The number of hydrogen-bond acceptors (Lipinski definition) is 4. The molecule has 3 rings (SSSR count). The van der Waals surface area contributed by atoms with Gasteiger partial charge in [0, 0.05) is 11.6 Å². The van der Waals surface area contributed by atoms with Crippen molar-refractivity contribution in [2.75, 3.05) is 14.2 Å². The Bertz CT molecular complexity index is 761. The van der Waals surface area contributed by atoms with Crippen LogP contribution in [0.15, 0.2) is 59.7 Å². The third-order valence-corrected chi connectivity index (χ3v) is 3.90. The summed E-state index contributed by atoms with van der Waals surface area (Å²) in [5, 5.41) is 9.09. The summed E-state index contributed by atoms with van der Waals surface area (Å²) in [5.41, 5.74) is 2.47. The smallest absolute Gasteiger partial charge is 0.307 e. The van der Waals surface area contributed by atoms with Gasteiger partial charge in [-0.2, -0.15) is 0 Å². The first kappa shape index (κ1) is 15.9. The van der Waals surface area contributed by atoms with Crippen LogP contribution in [0.2, 0.25) is 0 Å². The Morgan fingerprint density at radius 2 is 1.83 bits per heavy atom. The number of allylic oxidation sites excluding steroid dienone is 4. The first-order chi connectivity index (χ1) is 11.6. The van der Waals surface area contributed by atoms with E-state index in [0.29, 0.717) is 17.3 Å². The average Bonchev–Trinajstić information content (AvgIpc) is 2.60. The van der Waals surface area contributed by atoms with Gasteiger partial charge in [-0.1, -0.05) is 24.3 Å². The molecule has 1 aliphatic carbocycles. The third kappa shape index (κ3) is 3.20. The lowest BCUT2D eigenvalue weighted by atomic mass is 9.92. The van der Waals surface area contributed by atoms with Crippen molar-refractivity contribution in [1.29, 1.82) is 0 Å². The third-order valence-electron chi connectivity index (χ3n) is 3.90. The summed E-state index contributed by atoms with van der Waals surface area (Å²) in [6, 6.07) is 5.49. The Kier molecular flexibility index (Phi) is 4.42. The molecule has 1 aliphatic heterocycles. The molecule has 0 saturated heterocycles. The zero-order valence-corrected chi connectivity index (χ0v) is 13.5. The number of fused-ring (bicyclic) bond motifs is 1. The van der Waals surface area contributed by atoms with E-state index in [-0.39, 0.29) is 12.5 Å². The molecule has 1 unspecified atom stereocenters. The second kappa shape index (κ2) is 6.66. The molecule has 1 aromatic carbocycles. The van der Waals surface area contributed by atoms with E-state index in [2.05, 4.69) is 0 Å². The van der Waals surface area contributed by atoms with E-state index < -0.39 is 5.97 Å². The van der Waals surface area contributed by atoms with Crippen LogP contribution in [0.1, 0.15) is 12.0 Å². The standard InChI is InChI=1S/C19H18O5/c1-22-15-8-14(9-16(11-15)23-2)17-7-6-12-4-3-5-13(10-18(20)21)19(12)24-17/h3-9,11,19H,10H2,1-2H3,(H,20,21). The van der Waals surface area contributed by atoms with E-state index in [4.69, 9.17) is 19.3 Å². The quantitative estimate of drug-likeness (QED) is 0.899. The van der Waals surface area contributed by atoms with Gasteiger partial charge in [0.2, 0.25) is 0 Å². The van der Waals surface area contributed by atoms with Gasteiger partial charge in [-0.15, -0.1) is 0 Å². The highest BCUT2D eigenvalue weighted by atomic mass is 16.5. The molecule has 5 heteroatoms. The molecule has 1 atom stereocenters. The molecule has 124 valence electrons. The van der Waals surface area contributed by atoms with Crippen molar-refractivity contribution in [3.8, 4) is 11.5 Å². The lowest BCUT2D eigenvalue weighted by Crippen LogP contribution is -2.23. The number of carboxylic acids is 1. The molecule has 0 bridgehead atoms. The minimum Gasteiger partial charge on any atom is -0.497 e. The molecule has 0 spiro atoms. The summed E-state index contributed by atoms with van der Waals surface area (Å²) >= 11 is 0. The van der Waals surface area contributed by atoms with Crippen molar-refractivity contribution in [2.45, 2.75) is 12.5 Å². The van der Waals surface area contributed by atoms with E-state index in [1.807, 2.05) is 36.4 Å². The molecule has 2 aliphatic rings. The zero-order chi connectivity index (χ0) is 17.1. The second-order valence-electron chi connectivity index (χ2n) is 5.47. The number of methoxy groups -OCH3 is 2. The molecular formula is C19H18O5. The fourth-order valence-electron chi connectivity index (χ4n) is 2.74. The number of carboxylic acid groups (broad SMARTS) is 1. The largest absolute Gasteiger partial charge is 0.497 e. The number of hydrogen-bond donors (Lipinski definition) is 1. The van der Waals surface area contributed by atoms with E-state index in [0.717, 1.165) is 16.7 Å². The summed E-state index contributed by atoms with van der Waals surface area (Å²) in [4.78, 5) is 11.1. The number of rotatable bonds is 5. The predicted octanol–water partition coefficient (Wildman–Crippen LogP) is 3.34. The van der Waals surface area contributed by atoms with Crippen LogP contribution in [0.3, 0.4) is 0 Å². The number of aliphatic carboxylic acids is 1. The number of carbonyl (C=O) groups is 1. The van der Waals surface area contributed by atoms with Crippen LogP contribution >= 0.6 is 0 Å². The van der Waals surface area contributed by atoms with Crippen molar-refractivity contribution in [3.63, 3.8) is 0 Å². The SMILES string of the molecule is COc1cc(OC)cc(C2=CC=C3C=CC=C(CC(=O)O)C3O2)c1. The molecule has 0 radical (unpaired) electrons. The molecule has 1 heterocycles. The molecule has 0 amide bonds. The van der Waals surface area contributed by atoms with Gasteiger partial charge in [0.05, 0.1) is 20.6 Å². The lowest BCUT2D eigenvalue weighted by molar-refractivity contribution is -0.136. The van der Waals surface area contributed by atoms with Crippen LogP contribution in [0.5, 0.6) is 11.5 Å². The Balaban J connectivity index is 1.93. The van der Waals surface area contributed by atoms with Gasteiger partial charge in [0.1, 0.15) is 23.4 Å². The molecule has 5 nitrogen and oxygen atoms in total. The van der Waals surface area contributed by atoms with Crippen LogP contribution in [-0.2, 0) is 9.53 Å². The maximum Gasteiger partial charge on any atom is 0.307 e. The maximum atomic E-state index is 11.1. The number of ether oxygens (including phenoxy) is 3. The molecule has 0 fully saturated rings. The van der Waals surface area contributed by atoms with Gasteiger partial charge in [0.25, 0.3) is 0 Å². The van der Waals surface area contributed by atoms with Crippen molar-refractivity contribution in [1.82, 2.24) is 0 Å². The summed E-state index contributed by atoms with van der Waals surface area (Å²) in [6.45, 7) is 0. The molecule has 1 N–H and O–H groups in total. The highest BCUT2D eigenvalue weighted by Gasteiger charge is 2.27. The minimum absolute atomic E-state index is 0.0545. The monoisotopic (exact) mass is 326 g/mol. The van der Waals surface area contributed by atoms with Crippen molar-refractivity contribution in [2.24, 2.45) is 0 Å².